The molecule has 0 bridgehead atoms. The van der Waals surface area contributed by atoms with Gasteiger partial charge in [0.25, 0.3) is 0 Å². The van der Waals surface area contributed by atoms with Gasteiger partial charge in [0.05, 0.1) is 6.04 Å². The van der Waals surface area contributed by atoms with Crippen molar-refractivity contribution in [2.45, 2.75) is 26.3 Å². The molecule has 0 saturated heterocycles. The number of halogens is 2. The third kappa shape index (κ3) is 3.54. The highest BCUT2D eigenvalue weighted by Crippen LogP contribution is 2.31. The van der Waals surface area contributed by atoms with Crippen molar-refractivity contribution in [3.63, 3.8) is 0 Å². The third-order valence-electron chi connectivity index (χ3n) is 3.37. The van der Waals surface area contributed by atoms with Gasteiger partial charge < -0.3 is 5.32 Å². The summed E-state index contributed by atoms with van der Waals surface area (Å²) in [5, 5.41) is 4.94. The Bertz CT molecular complexity index is 581. The SMILES string of the molecule is CCCNC(c1ccccc1C)c1ccc(Cl)cc1Cl. The quantitative estimate of drug-likeness (QED) is 0.780. The highest BCUT2D eigenvalue weighted by atomic mass is 35.5. The second-order valence-corrected chi connectivity index (χ2v) is 5.75. The summed E-state index contributed by atoms with van der Waals surface area (Å²) in [6.45, 7) is 5.23. The zero-order chi connectivity index (χ0) is 14.5. The Kier molecular flexibility index (Phi) is 5.47. The highest BCUT2D eigenvalue weighted by Gasteiger charge is 2.18. The maximum absolute atomic E-state index is 6.38. The second-order valence-electron chi connectivity index (χ2n) is 4.91. The van der Waals surface area contributed by atoms with Crippen LogP contribution in [0.25, 0.3) is 0 Å². The Morgan fingerprint density at radius 3 is 2.45 bits per heavy atom. The number of hydrogen-bond acceptors (Lipinski definition) is 1. The first kappa shape index (κ1) is 15.4. The van der Waals surface area contributed by atoms with Gasteiger partial charge in [-0.15, -0.1) is 0 Å². The fourth-order valence-corrected chi connectivity index (χ4v) is 2.84. The van der Waals surface area contributed by atoms with Crippen molar-refractivity contribution in [1.82, 2.24) is 5.32 Å². The van der Waals surface area contributed by atoms with E-state index < -0.39 is 0 Å². The van der Waals surface area contributed by atoms with E-state index in [9.17, 15) is 0 Å². The van der Waals surface area contributed by atoms with Gasteiger partial charge in [0.15, 0.2) is 0 Å². The van der Waals surface area contributed by atoms with Crippen molar-refractivity contribution in [2.24, 2.45) is 0 Å². The molecule has 0 aliphatic heterocycles. The molecule has 0 heterocycles. The van der Waals surface area contributed by atoms with Crippen LogP contribution in [0.1, 0.15) is 36.1 Å². The monoisotopic (exact) mass is 307 g/mol. The lowest BCUT2D eigenvalue weighted by Gasteiger charge is -2.22. The minimum atomic E-state index is 0.0981. The van der Waals surface area contributed by atoms with Crippen LogP contribution in [0, 0.1) is 6.92 Å². The van der Waals surface area contributed by atoms with Crippen molar-refractivity contribution in [3.05, 3.63) is 69.2 Å². The van der Waals surface area contributed by atoms with Crippen LogP contribution in [0.3, 0.4) is 0 Å². The van der Waals surface area contributed by atoms with Crippen LogP contribution in [0.4, 0.5) is 0 Å². The Hall–Kier alpha value is -1.02. The zero-order valence-electron chi connectivity index (χ0n) is 11.8. The molecule has 1 nitrogen and oxygen atoms in total. The Balaban J connectivity index is 2.44. The summed E-state index contributed by atoms with van der Waals surface area (Å²) >= 11 is 12.4. The minimum absolute atomic E-state index is 0.0981. The average Bonchev–Trinajstić information content (AvgIpc) is 2.42. The van der Waals surface area contributed by atoms with E-state index in [0.29, 0.717) is 10.0 Å². The summed E-state index contributed by atoms with van der Waals surface area (Å²) in [6, 6.07) is 14.2. The summed E-state index contributed by atoms with van der Waals surface area (Å²) in [5.41, 5.74) is 3.58. The van der Waals surface area contributed by atoms with Crippen LogP contribution < -0.4 is 5.32 Å². The highest BCUT2D eigenvalue weighted by molar-refractivity contribution is 6.35. The van der Waals surface area contributed by atoms with E-state index in [0.717, 1.165) is 18.5 Å². The number of hydrogen-bond donors (Lipinski definition) is 1. The molecule has 0 spiro atoms. The normalized spacial score (nSPS) is 12.4. The molecule has 2 aromatic rings. The summed E-state index contributed by atoms with van der Waals surface area (Å²) in [5.74, 6) is 0. The van der Waals surface area contributed by atoms with Gasteiger partial charge in [-0.3, -0.25) is 0 Å². The average molecular weight is 308 g/mol. The molecule has 0 aromatic heterocycles. The summed E-state index contributed by atoms with van der Waals surface area (Å²) in [4.78, 5) is 0. The topological polar surface area (TPSA) is 12.0 Å². The third-order valence-corrected chi connectivity index (χ3v) is 3.93. The largest absolute Gasteiger partial charge is 0.306 e. The predicted molar refractivity (Wildman–Crippen MR) is 87.8 cm³/mol. The van der Waals surface area contributed by atoms with Crippen molar-refractivity contribution in [3.8, 4) is 0 Å². The molecule has 1 unspecified atom stereocenters. The Labute approximate surface area is 130 Å². The van der Waals surface area contributed by atoms with Crippen molar-refractivity contribution in [2.75, 3.05) is 6.54 Å². The molecule has 1 atom stereocenters. The van der Waals surface area contributed by atoms with Crippen molar-refractivity contribution < 1.29 is 0 Å². The first-order valence-corrected chi connectivity index (χ1v) is 7.63. The lowest BCUT2D eigenvalue weighted by atomic mass is 9.95. The molecule has 2 rings (SSSR count). The fourth-order valence-electron chi connectivity index (χ4n) is 2.32. The van der Waals surface area contributed by atoms with E-state index in [4.69, 9.17) is 23.2 Å². The van der Waals surface area contributed by atoms with Crippen molar-refractivity contribution in [1.29, 1.82) is 0 Å². The number of nitrogens with one attached hydrogen (secondary N) is 1. The van der Waals surface area contributed by atoms with Gasteiger partial charge in [0.2, 0.25) is 0 Å². The van der Waals surface area contributed by atoms with E-state index >= 15 is 0 Å². The van der Waals surface area contributed by atoms with E-state index in [2.05, 4.69) is 43.4 Å². The standard InChI is InChI=1S/C17H19Cl2N/c1-3-10-20-17(14-7-5-4-6-12(14)2)15-9-8-13(18)11-16(15)19/h4-9,11,17,20H,3,10H2,1-2H3. The van der Waals surface area contributed by atoms with Gasteiger partial charge >= 0.3 is 0 Å². The van der Waals surface area contributed by atoms with Gasteiger partial charge in [-0.25, -0.2) is 0 Å². The maximum atomic E-state index is 6.38. The van der Waals surface area contributed by atoms with Crippen LogP contribution in [-0.2, 0) is 0 Å². The van der Waals surface area contributed by atoms with Crippen LogP contribution >= 0.6 is 23.2 Å². The molecular formula is C17H19Cl2N. The number of aryl methyl sites for hydroxylation is 1. The zero-order valence-corrected chi connectivity index (χ0v) is 13.3. The predicted octanol–water partition coefficient (Wildman–Crippen LogP) is 5.39. The lowest BCUT2D eigenvalue weighted by Crippen LogP contribution is -2.24. The summed E-state index contributed by atoms with van der Waals surface area (Å²) < 4.78 is 0. The molecular weight excluding hydrogens is 289 g/mol. The first-order valence-electron chi connectivity index (χ1n) is 6.87. The van der Waals surface area contributed by atoms with Crippen LogP contribution in [0.15, 0.2) is 42.5 Å². The van der Waals surface area contributed by atoms with E-state index in [1.165, 1.54) is 11.1 Å². The molecule has 1 N–H and O–H groups in total. The van der Waals surface area contributed by atoms with E-state index in [1.54, 1.807) is 6.07 Å². The van der Waals surface area contributed by atoms with Gasteiger partial charge in [-0.1, -0.05) is 60.5 Å². The second kappa shape index (κ2) is 7.12. The molecule has 2 aromatic carbocycles. The summed E-state index contributed by atoms with van der Waals surface area (Å²) in [7, 11) is 0. The van der Waals surface area contributed by atoms with Gasteiger partial charge in [0, 0.05) is 10.0 Å². The van der Waals surface area contributed by atoms with E-state index in [-0.39, 0.29) is 6.04 Å². The molecule has 106 valence electrons. The Morgan fingerprint density at radius 1 is 1.05 bits per heavy atom. The van der Waals surface area contributed by atoms with Gasteiger partial charge in [0.1, 0.15) is 0 Å². The lowest BCUT2D eigenvalue weighted by molar-refractivity contribution is 0.596. The van der Waals surface area contributed by atoms with Gasteiger partial charge in [-0.2, -0.15) is 0 Å². The molecule has 0 amide bonds. The minimum Gasteiger partial charge on any atom is -0.306 e. The molecule has 0 radical (unpaired) electrons. The smallest absolute Gasteiger partial charge is 0.0594 e. The van der Waals surface area contributed by atoms with Crippen LogP contribution in [-0.4, -0.2) is 6.54 Å². The number of rotatable bonds is 5. The molecule has 20 heavy (non-hydrogen) atoms. The van der Waals surface area contributed by atoms with Crippen LogP contribution in [0.5, 0.6) is 0 Å². The number of benzene rings is 2. The van der Waals surface area contributed by atoms with Gasteiger partial charge in [-0.05, 0) is 48.7 Å². The molecule has 0 saturated carbocycles. The molecule has 3 heteroatoms. The Morgan fingerprint density at radius 2 is 1.80 bits per heavy atom. The van der Waals surface area contributed by atoms with E-state index in [1.807, 2.05) is 12.1 Å². The fraction of sp³-hybridized carbons (Fsp3) is 0.294. The molecule has 0 aliphatic rings. The summed E-state index contributed by atoms with van der Waals surface area (Å²) in [6.07, 6.45) is 1.08. The molecule has 0 fully saturated rings. The molecule has 0 aliphatic carbocycles. The van der Waals surface area contributed by atoms with Crippen LogP contribution in [0.2, 0.25) is 10.0 Å². The van der Waals surface area contributed by atoms with Crippen molar-refractivity contribution >= 4 is 23.2 Å². The first-order chi connectivity index (χ1) is 9.63. The maximum Gasteiger partial charge on any atom is 0.0594 e.